The second-order valence-electron chi connectivity index (χ2n) is 6.74. The average Bonchev–Trinajstić information content (AvgIpc) is 2.98. The van der Waals surface area contributed by atoms with Crippen LogP contribution >= 0.6 is 11.6 Å². The SMILES string of the molecule is O=C1NC(=O)C2(N1)C(=O)N(CC1CCCCC1)c1ccc(Cl)cc12. The van der Waals surface area contributed by atoms with Crippen LogP contribution in [-0.4, -0.2) is 24.4 Å². The molecule has 2 aliphatic heterocycles. The Morgan fingerprint density at radius 3 is 2.58 bits per heavy atom. The number of urea groups is 1. The van der Waals surface area contributed by atoms with Crippen molar-refractivity contribution in [1.29, 1.82) is 0 Å². The first kappa shape index (κ1) is 15.4. The van der Waals surface area contributed by atoms with Crippen LogP contribution in [0.25, 0.3) is 0 Å². The van der Waals surface area contributed by atoms with Gasteiger partial charge in [-0.3, -0.25) is 14.9 Å². The molecule has 4 amide bonds. The maximum atomic E-state index is 13.1. The molecular weight excluding hydrogens is 330 g/mol. The van der Waals surface area contributed by atoms with Gasteiger partial charge in [-0.15, -0.1) is 0 Å². The lowest BCUT2D eigenvalue weighted by Crippen LogP contribution is -2.53. The van der Waals surface area contributed by atoms with Gasteiger partial charge in [-0.05, 0) is 37.0 Å². The highest BCUT2D eigenvalue weighted by Crippen LogP contribution is 2.44. The summed E-state index contributed by atoms with van der Waals surface area (Å²) < 4.78 is 0. The van der Waals surface area contributed by atoms with Crippen molar-refractivity contribution >= 4 is 35.1 Å². The van der Waals surface area contributed by atoms with Crippen molar-refractivity contribution in [2.45, 2.75) is 37.6 Å². The van der Waals surface area contributed by atoms with Gasteiger partial charge in [-0.25, -0.2) is 4.79 Å². The summed E-state index contributed by atoms with van der Waals surface area (Å²) in [6, 6.07) is 4.40. The molecule has 24 heavy (non-hydrogen) atoms. The molecule has 6 nitrogen and oxygen atoms in total. The molecule has 1 unspecified atom stereocenters. The van der Waals surface area contributed by atoms with E-state index in [9.17, 15) is 14.4 Å². The summed E-state index contributed by atoms with van der Waals surface area (Å²) in [5.41, 5.74) is -0.558. The van der Waals surface area contributed by atoms with Crippen molar-refractivity contribution in [3.8, 4) is 0 Å². The number of carbonyl (C=O) groups is 3. The van der Waals surface area contributed by atoms with E-state index in [-0.39, 0.29) is 0 Å². The molecular formula is C17H18ClN3O3. The molecule has 1 aliphatic carbocycles. The number of halogens is 1. The summed E-state index contributed by atoms with van der Waals surface area (Å²) in [7, 11) is 0. The van der Waals surface area contributed by atoms with Crippen LogP contribution in [-0.2, 0) is 15.1 Å². The van der Waals surface area contributed by atoms with Crippen molar-refractivity contribution < 1.29 is 14.4 Å². The second kappa shape index (κ2) is 5.48. The van der Waals surface area contributed by atoms with Crippen molar-refractivity contribution in [3.63, 3.8) is 0 Å². The third-order valence-electron chi connectivity index (χ3n) is 5.25. The number of amides is 4. The van der Waals surface area contributed by atoms with Gasteiger partial charge in [0.2, 0.25) is 5.54 Å². The van der Waals surface area contributed by atoms with Gasteiger partial charge >= 0.3 is 6.03 Å². The highest BCUT2D eigenvalue weighted by molar-refractivity contribution is 6.32. The van der Waals surface area contributed by atoms with Crippen LogP contribution in [0.3, 0.4) is 0 Å². The summed E-state index contributed by atoms with van der Waals surface area (Å²) in [6.07, 6.45) is 5.74. The Morgan fingerprint density at radius 2 is 1.92 bits per heavy atom. The Bertz CT molecular complexity index is 745. The van der Waals surface area contributed by atoms with Crippen LogP contribution in [0.5, 0.6) is 0 Å². The third kappa shape index (κ3) is 2.13. The van der Waals surface area contributed by atoms with E-state index in [0.29, 0.717) is 28.7 Å². The molecule has 0 radical (unpaired) electrons. The zero-order valence-electron chi connectivity index (χ0n) is 13.1. The normalized spacial score (nSPS) is 26.7. The monoisotopic (exact) mass is 347 g/mol. The maximum Gasteiger partial charge on any atom is 0.323 e. The fourth-order valence-electron chi connectivity index (χ4n) is 4.08. The lowest BCUT2D eigenvalue weighted by atomic mass is 9.89. The topological polar surface area (TPSA) is 78.5 Å². The number of rotatable bonds is 2. The van der Waals surface area contributed by atoms with Crippen LogP contribution in [0.2, 0.25) is 5.02 Å². The smallest absolute Gasteiger partial charge is 0.312 e. The number of hydrogen-bond donors (Lipinski definition) is 2. The first-order valence-electron chi connectivity index (χ1n) is 8.28. The largest absolute Gasteiger partial charge is 0.323 e. The Hall–Kier alpha value is -2.08. The van der Waals surface area contributed by atoms with E-state index < -0.39 is 23.4 Å². The van der Waals surface area contributed by atoms with E-state index in [1.807, 2.05) is 0 Å². The van der Waals surface area contributed by atoms with Gasteiger partial charge in [0.25, 0.3) is 11.8 Å². The quantitative estimate of drug-likeness (QED) is 0.636. The predicted octanol–water partition coefficient (Wildman–Crippen LogP) is 2.30. The third-order valence-corrected chi connectivity index (χ3v) is 5.49. The zero-order valence-corrected chi connectivity index (χ0v) is 13.9. The number of hydrogen-bond acceptors (Lipinski definition) is 3. The summed E-state index contributed by atoms with van der Waals surface area (Å²) >= 11 is 6.08. The summed E-state index contributed by atoms with van der Waals surface area (Å²) in [5.74, 6) is -0.609. The van der Waals surface area contributed by atoms with Crippen molar-refractivity contribution in [2.24, 2.45) is 5.92 Å². The molecule has 1 aromatic carbocycles. The van der Waals surface area contributed by atoms with Crippen LogP contribution in [0.4, 0.5) is 10.5 Å². The van der Waals surface area contributed by atoms with Crippen molar-refractivity contribution in [2.75, 3.05) is 11.4 Å². The number of fused-ring (bicyclic) bond motifs is 2. The molecule has 2 heterocycles. The first-order chi connectivity index (χ1) is 11.5. The summed E-state index contributed by atoms with van der Waals surface area (Å²) in [5, 5.41) is 5.14. The minimum atomic E-state index is -1.67. The molecule has 4 rings (SSSR count). The molecule has 1 saturated carbocycles. The Morgan fingerprint density at radius 1 is 1.17 bits per heavy atom. The lowest BCUT2D eigenvalue weighted by Gasteiger charge is -2.28. The van der Waals surface area contributed by atoms with E-state index in [4.69, 9.17) is 11.6 Å². The molecule has 126 valence electrons. The average molecular weight is 348 g/mol. The number of nitrogens with one attached hydrogen (secondary N) is 2. The first-order valence-corrected chi connectivity index (χ1v) is 8.66. The van der Waals surface area contributed by atoms with Gasteiger partial charge in [0.15, 0.2) is 0 Å². The maximum absolute atomic E-state index is 13.1. The van der Waals surface area contributed by atoms with Gasteiger partial charge in [0, 0.05) is 17.1 Å². The van der Waals surface area contributed by atoms with E-state index >= 15 is 0 Å². The molecule has 3 aliphatic rings. The lowest BCUT2D eigenvalue weighted by molar-refractivity contribution is -0.134. The Balaban J connectivity index is 1.76. The molecule has 2 N–H and O–H groups in total. The van der Waals surface area contributed by atoms with E-state index in [2.05, 4.69) is 10.6 Å². The molecule has 0 bridgehead atoms. The Kier molecular flexibility index (Phi) is 3.53. The number of imide groups is 1. The Labute approximate surface area is 144 Å². The number of nitrogens with zero attached hydrogens (tertiary/aromatic N) is 1. The predicted molar refractivity (Wildman–Crippen MR) is 88.7 cm³/mol. The fraction of sp³-hybridized carbons (Fsp3) is 0.471. The van der Waals surface area contributed by atoms with Gasteiger partial charge in [0.05, 0.1) is 5.69 Å². The minimum Gasteiger partial charge on any atom is -0.312 e. The highest BCUT2D eigenvalue weighted by Gasteiger charge is 2.61. The van der Waals surface area contributed by atoms with Crippen molar-refractivity contribution in [1.82, 2.24) is 10.6 Å². The molecule has 7 heteroatoms. The van der Waals surface area contributed by atoms with E-state index in [1.54, 1.807) is 23.1 Å². The molecule has 0 aromatic heterocycles. The highest BCUT2D eigenvalue weighted by atomic mass is 35.5. The van der Waals surface area contributed by atoms with Crippen LogP contribution in [0.1, 0.15) is 37.7 Å². The minimum absolute atomic E-state index is 0.395. The zero-order chi connectivity index (χ0) is 16.9. The summed E-state index contributed by atoms with van der Waals surface area (Å²) in [4.78, 5) is 38.9. The molecule has 1 aromatic rings. The number of anilines is 1. The number of carbonyl (C=O) groups excluding carboxylic acids is 3. The van der Waals surface area contributed by atoms with Gasteiger partial charge < -0.3 is 10.2 Å². The van der Waals surface area contributed by atoms with Gasteiger partial charge in [-0.2, -0.15) is 0 Å². The fourth-order valence-corrected chi connectivity index (χ4v) is 4.25. The second-order valence-corrected chi connectivity index (χ2v) is 7.18. The van der Waals surface area contributed by atoms with E-state index in [0.717, 1.165) is 12.8 Å². The molecule has 1 atom stereocenters. The molecule has 1 saturated heterocycles. The van der Waals surface area contributed by atoms with Gasteiger partial charge in [-0.1, -0.05) is 30.9 Å². The molecule has 2 fully saturated rings. The number of benzene rings is 1. The van der Waals surface area contributed by atoms with Gasteiger partial charge in [0.1, 0.15) is 0 Å². The summed E-state index contributed by atoms with van der Waals surface area (Å²) in [6.45, 7) is 0.568. The van der Waals surface area contributed by atoms with Crippen LogP contribution in [0.15, 0.2) is 18.2 Å². The van der Waals surface area contributed by atoms with Crippen LogP contribution < -0.4 is 15.5 Å². The van der Waals surface area contributed by atoms with Crippen molar-refractivity contribution in [3.05, 3.63) is 28.8 Å². The van der Waals surface area contributed by atoms with E-state index in [1.165, 1.54) is 19.3 Å². The van der Waals surface area contributed by atoms with Crippen LogP contribution in [0, 0.1) is 5.92 Å². The standard InChI is InChI=1S/C17H18ClN3O3/c18-11-6-7-13-12(8-11)17(14(22)19-16(24)20-17)15(23)21(13)9-10-4-2-1-3-5-10/h6-8,10H,1-5,9H2,(H2,19,20,22,24). The molecule has 1 spiro atoms.